The van der Waals surface area contributed by atoms with E-state index in [-0.39, 0.29) is 18.3 Å². The molecule has 9 heteroatoms. The van der Waals surface area contributed by atoms with Crippen LogP contribution in [-0.4, -0.2) is 31.8 Å². The van der Waals surface area contributed by atoms with Gasteiger partial charge < -0.3 is 19.7 Å². The fraction of sp³-hybridized carbons (Fsp3) is 0.333. The van der Waals surface area contributed by atoms with Gasteiger partial charge in [-0.05, 0) is 48.5 Å². The number of hydrogen-bond acceptors (Lipinski definition) is 4. The molecule has 0 aliphatic carbocycles. The highest BCUT2D eigenvalue weighted by molar-refractivity contribution is 5.96. The van der Waals surface area contributed by atoms with Crippen molar-refractivity contribution in [1.82, 2.24) is 0 Å². The molecule has 0 unspecified atom stereocenters. The summed E-state index contributed by atoms with van der Waals surface area (Å²) >= 11 is 0. The summed E-state index contributed by atoms with van der Waals surface area (Å²) in [5.74, 6) is -0.475. The van der Waals surface area contributed by atoms with E-state index in [0.29, 0.717) is 17.1 Å². The third-order valence-electron chi connectivity index (χ3n) is 3.91. The number of rotatable bonds is 6. The number of alkyl halides is 3. The Labute approximate surface area is 172 Å². The summed E-state index contributed by atoms with van der Waals surface area (Å²) in [6.07, 6.45) is -4.77. The van der Waals surface area contributed by atoms with Crippen molar-refractivity contribution in [1.29, 1.82) is 0 Å². The molecule has 2 rings (SSSR count). The van der Waals surface area contributed by atoms with E-state index in [1.54, 1.807) is 36.2 Å². The average Bonchev–Trinajstić information content (AvgIpc) is 2.65. The number of nitrogens with one attached hydrogen (secondary N) is 1. The topological polar surface area (TPSA) is 67.9 Å². The molecule has 0 saturated carbocycles. The van der Waals surface area contributed by atoms with Crippen LogP contribution in [0.5, 0.6) is 11.5 Å². The number of carbonyl (C=O) groups is 2. The minimum absolute atomic E-state index is 0.0396. The van der Waals surface area contributed by atoms with Crippen molar-refractivity contribution >= 4 is 23.2 Å². The van der Waals surface area contributed by atoms with Crippen LogP contribution >= 0.6 is 0 Å². The molecule has 0 aromatic heterocycles. The average molecular weight is 424 g/mol. The molecular weight excluding hydrogens is 401 g/mol. The van der Waals surface area contributed by atoms with Crippen molar-refractivity contribution < 1.29 is 32.2 Å². The highest BCUT2D eigenvalue weighted by Crippen LogP contribution is 2.25. The van der Waals surface area contributed by atoms with Gasteiger partial charge >= 0.3 is 6.36 Å². The Morgan fingerprint density at radius 1 is 0.933 bits per heavy atom. The van der Waals surface area contributed by atoms with Gasteiger partial charge in [0, 0.05) is 23.8 Å². The van der Waals surface area contributed by atoms with E-state index in [2.05, 4.69) is 10.1 Å². The second-order valence-corrected chi connectivity index (χ2v) is 7.52. The lowest BCUT2D eigenvalue weighted by atomic mass is 9.95. The molecule has 2 aromatic rings. The Bertz CT molecular complexity index is 873. The van der Waals surface area contributed by atoms with Crippen LogP contribution < -0.4 is 19.7 Å². The molecule has 0 spiro atoms. The van der Waals surface area contributed by atoms with E-state index in [1.165, 1.54) is 12.1 Å². The smallest absolute Gasteiger partial charge is 0.484 e. The molecule has 0 aliphatic rings. The van der Waals surface area contributed by atoms with Crippen molar-refractivity contribution in [2.45, 2.75) is 27.1 Å². The second-order valence-electron chi connectivity index (χ2n) is 7.52. The zero-order valence-corrected chi connectivity index (χ0v) is 17.0. The van der Waals surface area contributed by atoms with Gasteiger partial charge in [-0.2, -0.15) is 0 Å². The van der Waals surface area contributed by atoms with Gasteiger partial charge in [-0.3, -0.25) is 9.59 Å². The van der Waals surface area contributed by atoms with E-state index in [1.807, 2.05) is 20.8 Å². The normalized spacial score (nSPS) is 11.6. The van der Waals surface area contributed by atoms with Crippen LogP contribution in [0.2, 0.25) is 0 Å². The monoisotopic (exact) mass is 424 g/mol. The zero-order chi connectivity index (χ0) is 22.5. The first kappa shape index (κ1) is 23.1. The summed E-state index contributed by atoms with van der Waals surface area (Å²) in [4.78, 5) is 25.8. The van der Waals surface area contributed by atoms with E-state index in [9.17, 15) is 22.8 Å². The van der Waals surface area contributed by atoms with Crippen LogP contribution in [0, 0.1) is 5.41 Å². The molecule has 0 radical (unpaired) electrons. The van der Waals surface area contributed by atoms with Crippen molar-refractivity contribution in [2.24, 2.45) is 5.41 Å². The molecule has 2 amide bonds. The number of hydrogen-bond donors (Lipinski definition) is 1. The van der Waals surface area contributed by atoms with Gasteiger partial charge in [-0.15, -0.1) is 13.2 Å². The van der Waals surface area contributed by atoms with Gasteiger partial charge in [0.1, 0.15) is 11.5 Å². The van der Waals surface area contributed by atoms with Gasteiger partial charge in [0.25, 0.3) is 5.91 Å². The van der Waals surface area contributed by atoms with Gasteiger partial charge in [0.15, 0.2) is 6.61 Å². The second kappa shape index (κ2) is 9.06. The van der Waals surface area contributed by atoms with Crippen LogP contribution in [0.3, 0.4) is 0 Å². The molecule has 162 valence electrons. The van der Waals surface area contributed by atoms with Crippen LogP contribution in [0.4, 0.5) is 24.5 Å². The molecule has 0 fully saturated rings. The fourth-order valence-corrected chi connectivity index (χ4v) is 2.47. The van der Waals surface area contributed by atoms with Crippen LogP contribution in [0.1, 0.15) is 20.8 Å². The van der Waals surface area contributed by atoms with Gasteiger partial charge in [0.2, 0.25) is 5.91 Å². The summed E-state index contributed by atoms with van der Waals surface area (Å²) in [5.41, 5.74) is 0.475. The number of anilines is 2. The summed E-state index contributed by atoms with van der Waals surface area (Å²) in [7, 11) is 1.68. The quantitative estimate of drug-likeness (QED) is 0.735. The first-order valence-corrected chi connectivity index (χ1v) is 9.02. The predicted octanol–water partition coefficient (Wildman–Crippen LogP) is 4.61. The maximum Gasteiger partial charge on any atom is 0.573 e. The number of halogens is 3. The summed E-state index contributed by atoms with van der Waals surface area (Å²) < 4.78 is 45.6. The van der Waals surface area contributed by atoms with Crippen LogP contribution in [0.15, 0.2) is 48.5 Å². The van der Waals surface area contributed by atoms with Gasteiger partial charge in [0.05, 0.1) is 0 Å². The first-order valence-electron chi connectivity index (χ1n) is 9.02. The minimum Gasteiger partial charge on any atom is -0.484 e. The number of amides is 2. The fourth-order valence-electron chi connectivity index (χ4n) is 2.47. The number of ether oxygens (including phenoxy) is 2. The Hall–Kier alpha value is -3.23. The maximum atomic E-state index is 12.3. The molecule has 0 saturated heterocycles. The molecule has 0 heterocycles. The molecule has 6 nitrogen and oxygen atoms in total. The predicted molar refractivity (Wildman–Crippen MR) is 107 cm³/mol. The molecule has 0 atom stereocenters. The highest BCUT2D eigenvalue weighted by atomic mass is 19.4. The first-order chi connectivity index (χ1) is 13.8. The Morgan fingerprint density at radius 2 is 1.47 bits per heavy atom. The SMILES string of the molecule is CN(C(=O)C(C)(C)C)c1ccc(OCC(=O)Nc2ccc(OC(F)(F)F)cc2)cc1. The largest absolute Gasteiger partial charge is 0.573 e. The molecular formula is C21H23F3N2O4. The summed E-state index contributed by atoms with van der Waals surface area (Å²) in [6, 6.07) is 11.4. The van der Waals surface area contributed by atoms with Crippen molar-refractivity contribution in [3.05, 3.63) is 48.5 Å². The zero-order valence-electron chi connectivity index (χ0n) is 17.0. The number of nitrogens with zero attached hydrogens (tertiary/aromatic N) is 1. The standard InChI is InChI=1S/C21H23F3N2O4/c1-20(2,3)19(28)26(4)15-7-11-16(12-8-15)29-13-18(27)25-14-5-9-17(10-6-14)30-21(22,23)24/h5-12H,13H2,1-4H3,(H,25,27). The van der Waals surface area contributed by atoms with E-state index < -0.39 is 17.7 Å². The lowest BCUT2D eigenvalue weighted by Crippen LogP contribution is -2.36. The van der Waals surface area contributed by atoms with Crippen molar-refractivity contribution in [3.63, 3.8) is 0 Å². The van der Waals surface area contributed by atoms with Crippen molar-refractivity contribution in [2.75, 3.05) is 23.9 Å². The van der Waals surface area contributed by atoms with E-state index in [0.717, 1.165) is 12.1 Å². The summed E-state index contributed by atoms with van der Waals surface area (Å²) in [5, 5.41) is 2.51. The molecule has 1 N–H and O–H groups in total. The lowest BCUT2D eigenvalue weighted by Gasteiger charge is -2.26. The van der Waals surface area contributed by atoms with E-state index >= 15 is 0 Å². The number of carbonyl (C=O) groups excluding carboxylic acids is 2. The molecule has 0 bridgehead atoms. The third kappa shape index (κ3) is 6.98. The molecule has 30 heavy (non-hydrogen) atoms. The van der Waals surface area contributed by atoms with Gasteiger partial charge in [-0.1, -0.05) is 20.8 Å². The molecule has 0 aliphatic heterocycles. The maximum absolute atomic E-state index is 12.3. The Kier molecular flexibility index (Phi) is 6.96. The Morgan fingerprint density at radius 3 is 1.97 bits per heavy atom. The van der Waals surface area contributed by atoms with Gasteiger partial charge in [-0.25, -0.2) is 0 Å². The highest BCUT2D eigenvalue weighted by Gasteiger charge is 2.31. The summed E-state index contributed by atoms with van der Waals surface area (Å²) in [6.45, 7) is 5.20. The lowest BCUT2D eigenvalue weighted by molar-refractivity contribution is -0.274. The Balaban J connectivity index is 1.87. The minimum atomic E-state index is -4.77. The third-order valence-corrected chi connectivity index (χ3v) is 3.91. The van der Waals surface area contributed by atoms with E-state index in [4.69, 9.17) is 4.74 Å². The van der Waals surface area contributed by atoms with Crippen LogP contribution in [0.25, 0.3) is 0 Å². The van der Waals surface area contributed by atoms with Crippen LogP contribution in [-0.2, 0) is 9.59 Å². The molecule has 2 aromatic carbocycles. The van der Waals surface area contributed by atoms with Crippen molar-refractivity contribution in [3.8, 4) is 11.5 Å². The number of benzene rings is 2.